The van der Waals surface area contributed by atoms with Crippen molar-refractivity contribution in [2.45, 2.75) is 13.3 Å². The van der Waals surface area contributed by atoms with E-state index in [9.17, 15) is 0 Å². The molecule has 0 amide bonds. The van der Waals surface area contributed by atoms with Gasteiger partial charge in [0.2, 0.25) is 0 Å². The molecule has 2 aromatic carbocycles. The Morgan fingerprint density at radius 2 is 1.92 bits per heavy atom. The summed E-state index contributed by atoms with van der Waals surface area (Å²) in [6.45, 7) is 4.70. The molecule has 0 saturated carbocycles. The summed E-state index contributed by atoms with van der Waals surface area (Å²) in [5.74, 6) is 1.62. The molecule has 2 aromatic rings. The molecule has 0 aliphatic carbocycles. The molecule has 0 fully saturated rings. The Kier molecular flexibility index (Phi) is 10.2. The molecule has 132 valence electrons. The van der Waals surface area contributed by atoms with Crippen LogP contribution in [0.3, 0.4) is 0 Å². The first-order chi connectivity index (χ1) is 11.3. The maximum Gasteiger partial charge on any atom is 0.191 e. The summed E-state index contributed by atoms with van der Waals surface area (Å²) in [7, 11) is 0. The van der Waals surface area contributed by atoms with Crippen LogP contribution in [0.2, 0.25) is 0 Å². The van der Waals surface area contributed by atoms with Crippen molar-refractivity contribution in [1.82, 2.24) is 10.6 Å². The van der Waals surface area contributed by atoms with Crippen molar-refractivity contribution in [2.24, 2.45) is 4.99 Å². The Morgan fingerprint density at radius 3 is 2.67 bits per heavy atom. The van der Waals surface area contributed by atoms with Crippen LogP contribution in [0.4, 0.5) is 0 Å². The SMILES string of the molecule is CCNC(=NCCCOc1ccc2ccccc2c1)NCCO.I. The van der Waals surface area contributed by atoms with Crippen LogP contribution in [0.15, 0.2) is 47.5 Å². The fourth-order valence-electron chi connectivity index (χ4n) is 2.22. The molecule has 0 unspecified atom stereocenters. The molecule has 0 bridgehead atoms. The van der Waals surface area contributed by atoms with Gasteiger partial charge in [0.25, 0.3) is 0 Å². The lowest BCUT2D eigenvalue weighted by molar-refractivity contribution is 0.299. The van der Waals surface area contributed by atoms with E-state index in [1.807, 2.05) is 25.1 Å². The maximum absolute atomic E-state index is 8.83. The van der Waals surface area contributed by atoms with E-state index in [2.05, 4.69) is 39.9 Å². The maximum atomic E-state index is 8.83. The largest absolute Gasteiger partial charge is 0.494 e. The van der Waals surface area contributed by atoms with E-state index in [0.29, 0.717) is 19.7 Å². The Labute approximate surface area is 160 Å². The fraction of sp³-hybridized carbons (Fsp3) is 0.389. The molecule has 5 nitrogen and oxygen atoms in total. The quantitative estimate of drug-likeness (QED) is 0.254. The second-order valence-corrected chi connectivity index (χ2v) is 5.12. The van der Waals surface area contributed by atoms with Gasteiger partial charge in [-0.05, 0) is 29.8 Å². The predicted molar refractivity (Wildman–Crippen MR) is 111 cm³/mol. The average Bonchev–Trinajstić information content (AvgIpc) is 2.59. The van der Waals surface area contributed by atoms with E-state index in [0.717, 1.165) is 24.7 Å². The van der Waals surface area contributed by atoms with Crippen LogP contribution < -0.4 is 15.4 Å². The predicted octanol–water partition coefficient (Wildman–Crippen LogP) is 2.77. The molecule has 2 rings (SSSR count). The smallest absolute Gasteiger partial charge is 0.191 e. The summed E-state index contributed by atoms with van der Waals surface area (Å²) in [5, 5.41) is 17.4. The summed E-state index contributed by atoms with van der Waals surface area (Å²) in [6, 6.07) is 14.4. The monoisotopic (exact) mass is 443 g/mol. The van der Waals surface area contributed by atoms with Crippen molar-refractivity contribution in [1.29, 1.82) is 0 Å². The average molecular weight is 443 g/mol. The summed E-state index contributed by atoms with van der Waals surface area (Å²) in [6.07, 6.45) is 0.836. The molecule has 0 spiro atoms. The molecule has 0 radical (unpaired) electrons. The second-order valence-electron chi connectivity index (χ2n) is 5.12. The van der Waals surface area contributed by atoms with Crippen LogP contribution >= 0.6 is 24.0 Å². The normalized spacial score (nSPS) is 11.0. The number of aliphatic imine (C=N–C) groups is 1. The minimum atomic E-state index is 0. The van der Waals surface area contributed by atoms with Gasteiger partial charge in [0.1, 0.15) is 5.75 Å². The van der Waals surface area contributed by atoms with Gasteiger partial charge in [0.15, 0.2) is 5.96 Å². The van der Waals surface area contributed by atoms with Gasteiger partial charge in [-0.25, -0.2) is 0 Å². The van der Waals surface area contributed by atoms with E-state index in [1.165, 1.54) is 10.8 Å². The highest BCUT2D eigenvalue weighted by atomic mass is 127. The number of fused-ring (bicyclic) bond motifs is 1. The molecule has 0 heterocycles. The molecule has 6 heteroatoms. The lowest BCUT2D eigenvalue weighted by Gasteiger charge is -2.10. The van der Waals surface area contributed by atoms with Crippen LogP contribution in [0, 0.1) is 0 Å². The van der Waals surface area contributed by atoms with Crippen LogP contribution in [0.5, 0.6) is 5.75 Å². The van der Waals surface area contributed by atoms with Gasteiger partial charge in [0.05, 0.1) is 13.2 Å². The summed E-state index contributed by atoms with van der Waals surface area (Å²) >= 11 is 0. The zero-order valence-electron chi connectivity index (χ0n) is 14.0. The summed E-state index contributed by atoms with van der Waals surface area (Å²) in [5.41, 5.74) is 0. The third kappa shape index (κ3) is 6.92. The van der Waals surface area contributed by atoms with Crippen LogP contribution in [0.25, 0.3) is 10.8 Å². The van der Waals surface area contributed by atoms with E-state index in [4.69, 9.17) is 9.84 Å². The van der Waals surface area contributed by atoms with Crippen molar-refractivity contribution >= 4 is 40.7 Å². The molecule has 0 saturated heterocycles. The first-order valence-corrected chi connectivity index (χ1v) is 8.08. The molecule has 0 atom stereocenters. The standard InChI is InChI=1S/C18H25N3O2.HI/c1-2-19-18(21-11-12-22)20-10-5-13-23-17-9-8-15-6-3-4-7-16(15)14-17;/h3-4,6-9,14,22H,2,5,10-13H2,1H3,(H2,19,20,21);1H. The first kappa shape index (κ1) is 20.5. The number of nitrogens with zero attached hydrogens (tertiary/aromatic N) is 1. The summed E-state index contributed by atoms with van der Waals surface area (Å²) in [4.78, 5) is 4.44. The number of nitrogens with one attached hydrogen (secondary N) is 2. The molecular weight excluding hydrogens is 417 g/mol. The van der Waals surface area contributed by atoms with Crippen molar-refractivity contribution in [3.63, 3.8) is 0 Å². The number of rotatable bonds is 8. The minimum absolute atomic E-state index is 0. The number of hydrogen-bond acceptors (Lipinski definition) is 3. The third-order valence-corrected chi connectivity index (χ3v) is 3.31. The van der Waals surface area contributed by atoms with Gasteiger partial charge in [-0.2, -0.15) is 0 Å². The number of benzene rings is 2. The highest BCUT2D eigenvalue weighted by Crippen LogP contribution is 2.20. The van der Waals surface area contributed by atoms with Crippen molar-refractivity contribution < 1.29 is 9.84 Å². The Morgan fingerprint density at radius 1 is 1.12 bits per heavy atom. The van der Waals surface area contributed by atoms with Crippen molar-refractivity contribution in [3.05, 3.63) is 42.5 Å². The van der Waals surface area contributed by atoms with Gasteiger partial charge >= 0.3 is 0 Å². The van der Waals surface area contributed by atoms with E-state index < -0.39 is 0 Å². The number of aliphatic hydroxyl groups excluding tert-OH is 1. The Bertz CT molecular complexity index is 634. The van der Waals surface area contributed by atoms with E-state index in [-0.39, 0.29) is 30.6 Å². The van der Waals surface area contributed by atoms with Gasteiger partial charge < -0.3 is 20.5 Å². The van der Waals surface area contributed by atoms with E-state index >= 15 is 0 Å². The molecule has 0 aliphatic heterocycles. The van der Waals surface area contributed by atoms with Gasteiger partial charge in [0, 0.05) is 26.1 Å². The number of guanidine groups is 1. The van der Waals surface area contributed by atoms with Gasteiger partial charge in [-0.3, -0.25) is 4.99 Å². The van der Waals surface area contributed by atoms with Crippen LogP contribution in [0.1, 0.15) is 13.3 Å². The number of halogens is 1. The molecule has 0 aliphatic rings. The van der Waals surface area contributed by atoms with E-state index in [1.54, 1.807) is 0 Å². The van der Waals surface area contributed by atoms with Crippen LogP contribution in [-0.4, -0.2) is 43.9 Å². The molecular formula is C18H26IN3O2. The van der Waals surface area contributed by atoms with Gasteiger partial charge in [-0.1, -0.05) is 30.3 Å². The fourth-order valence-corrected chi connectivity index (χ4v) is 2.22. The highest BCUT2D eigenvalue weighted by Gasteiger charge is 1.98. The lowest BCUT2D eigenvalue weighted by atomic mass is 10.1. The summed E-state index contributed by atoms with van der Waals surface area (Å²) < 4.78 is 5.79. The lowest BCUT2D eigenvalue weighted by Crippen LogP contribution is -2.38. The minimum Gasteiger partial charge on any atom is -0.494 e. The zero-order chi connectivity index (χ0) is 16.3. The Balaban J connectivity index is 0.00000288. The van der Waals surface area contributed by atoms with Gasteiger partial charge in [-0.15, -0.1) is 24.0 Å². The first-order valence-electron chi connectivity index (χ1n) is 8.08. The number of aliphatic hydroxyl groups is 1. The topological polar surface area (TPSA) is 65.9 Å². The highest BCUT2D eigenvalue weighted by molar-refractivity contribution is 14.0. The zero-order valence-corrected chi connectivity index (χ0v) is 16.3. The van der Waals surface area contributed by atoms with Crippen molar-refractivity contribution in [3.8, 4) is 5.75 Å². The van der Waals surface area contributed by atoms with Crippen LogP contribution in [-0.2, 0) is 0 Å². The number of hydrogen-bond donors (Lipinski definition) is 3. The van der Waals surface area contributed by atoms with Crippen molar-refractivity contribution in [2.75, 3.05) is 32.8 Å². The third-order valence-electron chi connectivity index (χ3n) is 3.31. The molecule has 24 heavy (non-hydrogen) atoms. The Hall–Kier alpha value is -1.54. The number of ether oxygens (including phenoxy) is 1. The molecule has 3 N–H and O–H groups in total. The molecule has 0 aromatic heterocycles. The second kappa shape index (κ2) is 11.9.